The largest absolute Gasteiger partial charge is 0.439 e. The third-order valence-electron chi connectivity index (χ3n) is 5.18. The number of hydrogen-bond donors (Lipinski definition) is 1. The van der Waals surface area contributed by atoms with E-state index in [1.807, 2.05) is 48.5 Å². The molecule has 4 rings (SSSR count). The molecule has 34 heavy (non-hydrogen) atoms. The topological polar surface area (TPSA) is 93.5 Å². The number of benzene rings is 2. The monoisotopic (exact) mass is 500 g/mol. The summed E-state index contributed by atoms with van der Waals surface area (Å²) in [6.45, 7) is 3.21. The molecule has 1 N–H and O–H groups in total. The van der Waals surface area contributed by atoms with Gasteiger partial charge in [-0.15, -0.1) is 11.3 Å². The molecular weight excluding hydrogens is 476 g/mol. The minimum Gasteiger partial charge on any atom is -0.382 e. The maximum Gasteiger partial charge on any atom is 0.439 e. The zero-order chi connectivity index (χ0) is 23.8. The Balaban J connectivity index is 1.43. The van der Waals surface area contributed by atoms with E-state index in [1.165, 1.54) is 0 Å². The Kier molecular flexibility index (Phi) is 8.48. The zero-order valence-electron chi connectivity index (χ0n) is 18.7. The van der Waals surface area contributed by atoms with Gasteiger partial charge in [0.25, 0.3) is 0 Å². The second-order valence-corrected chi connectivity index (χ2v) is 8.78. The number of nitrogens with one attached hydrogen (secondary N) is 1. The van der Waals surface area contributed by atoms with Gasteiger partial charge in [0.2, 0.25) is 0 Å². The third kappa shape index (κ3) is 6.54. The molecule has 0 aliphatic rings. The number of methoxy groups -OCH3 is 1. The number of hydrogen-bond acceptors (Lipinski definition) is 8. The van der Waals surface area contributed by atoms with Crippen LogP contribution in [0, 0.1) is 0 Å². The summed E-state index contributed by atoms with van der Waals surface area (Å²) in [6, 6.07) is 15.6. The fourth-order valence-electron chi connectivity index (χ4n) is 3.33. The van der Waals surface area contributed by atoms with Crippen LogP contribution in [0.15, 0.2) is 63.2 Å². The molecule has 0 aliphatic heterocycles. The summed E-state index contributed by atoms with van der Waals surface area (Å²) in [5.41, 5.74) is 3.91. The zero-order valence-corrected chi connectivity index (χ0v) is 20.3. The van der Waals surface area contributed by atoms with Crippen molar-refractivity contribution in [3.8, 4) is 22.6 Å². The highest BCUT2D eigenvalue weighted by atomic mass is 35.5. The Morgan fingerprint density at radius 2 is 1.79 bits per heavy atom. The lowest BCUT2D eigenvalue weighted by Crippen LogP contribution is -2.30. The van der Waals surface area contributed by atoms with Crippen LogP contribution in [0.25, 0.3) is 22.6 Å². The van der Waals surface area contributed by atoms with Gasteiger partial charge in [-0.1, -0.05) is 53.2 Å². The SMILES string of the molecule is COCCOCCN(CCc1ccc(-c2noc(=O)[nH]2)cc1)c1nc(-c2ccc(Cl)cc2)cs1. The van der Waals surface area contributed by atoms with Gasteiger partial charge in [0.1, 0.15) is 0 Å². The maximum absolute atomic E-state index is 11.2. The average molecular weight is 501 g/mol. The molecule has 0 atom stereocenters. The van der Waals surface area contributed by atoms with Gasteiger partial charge in [-0.2, -0.15) is 0 Å². The van der Waals surface area contributed by atoms with E-state index in [9.17, 15) is 4.79 Å². The number of ether oxygens (including phenoxy) is 2. The van der Waals surface area contributed by atoms with Gasteiger partial charge >= 0.3 is 5.76 Å². The van der Waals surface area contributed by atoms with Gasteiger partial charge in [-0.3, -0.25) is 9.51 Å². The van der Waals surface area contributed by atoms with Gasteiger partial charge in [0.15, 0.2) is 11.0 Å². The first-order valence-corrected chi connectivity index (χ1v) is 12.1. The molecule has 2 aromatic heterocycles. The minimum absolute atomic E-state index is 0.420. The summed E-state index contributed by atoms with van der Waals surface area (Å²) < 4.78 is 15.3. The molecule has 0 bridgehead atoms. The van der Waals surface area contributed by atoms with Crippen LogP contribution in [0.5, 0.6) is 0 Å². The van der Waals surface area contributed by atoms with Gasteiger partial charge < -0.3 is 14.4 Å². The molecule has 0 unspecified atom stereocenters. The summed E-state index contributed by atoms with van der Waals surface area (Å²) in [7, 11) is 1.66. The van der Waals surface area contributed by atoms with E-state index >= 15 is 0 Å². The van der Waals surface area contributed by atoms with Gasteiger partial charge in [-0.05, 0) is 24.1 Å². The molecule has 2 aromatic carbocycles. The number of aromatic nitrogens is 3. The van der Waals surface area contributed by atoms with Crippen LogP contribution in [0.4, 0.5) is 5.13 Å². The van der Waals surface area contributed by atoms with Crippen molar-refractivity contribution in [2.24, 2.45) is 0 Å². The molecule has 10 heteroatoms. The Labute approximate surface area is 206 Å². The fraction of sp³-hybridized carbons (Fsp3) is 0.292. The van der Waals surface area contributed by atoms with Crippen molar-refractivity contribution in [2.75, 3.05) is 44.9 Å². The van der Waals surface area contributed by atoms with Crippen LogP contribution < -0.4 is 10.7 Å². The predicted octanol–water partition coefficient (Wildman–Crippen LogP) is 4.52. The number of nitrogens with zero attached hydrogens (tertiary/aromatic N) is 3. The second-order valence-electron chi connectivity index (χ2n) is 7.50. The average Bonchev–Trinajstić information content (AvgIpc) is 3.51. The van der Waals surface area contributed by atoms with Crippen molar-refractivity contribution >= 4 is 28.1 Å². The van der Waals surface area contributed by atoms with E-state index in [1.54, 1.807) is 18.4 Å². The molecule has 8 nitrogen and oxygen atoms in total. The summed E-state index contributed by atoms with van der Waals surface area (Å²) >= 11 is 7.63. The summed E-state index contributed by atoms with van der Waals surface area (Å²) in [5.74, 6) is -0.146. The van der Waals surface area contributed by atoms with E-state index in [2.05, 4.69) is 24.9 Å². The van der Waals surface area contributed by atoms with Crippen molar-refractivity contribution in [3.63, 3.8) is 0 Å². The molecule has 0 fully saturated rings. The first-order valence-electron chi connectivity index (χ1n) is 10.8. The number of rotatable bonds is 12. The number of thiazole rings is 1. The van der Waals surface area contributed by atoms with E-state index in [0.717, 1.165) is 47.0 Å². The van der Waals surface area contributed by atoms with Crippen LogP contribution >= 0.6 is 22.9 Å². The smallest absolute Gasteiger partial charge is 0.382 e. The molecule has 178 valence electrons. The number of H-pyrrole nitrogens is 1. The van der Waals surface area contributed by atoms with E-state index in [0.29, 0.717) is 30.7 Å². The van der Waals surface area contributed by atoms with E-state index in [4.69, 9.17) is 26.1 Å². The highest BCUT2D eigenvalue weighted by molar-refractivity contribution is 7.14. The van der Waals surface area contributed by atoms with Gasteiger partial charge in [0.05, 0.1) is 25.5 Å². The molecule has 4 aromatic rings. The lowest BCUT2D eigenvalue weighted by Gasteiger charge is -2.22. The standard InChI is InChI=1S/C24H25ClN4O4S/c1-31-14-15-32-13-12-29(23-26-21(16-34-23)18-6-8-20(25)9-7-18)11-10-17-2-4-19(5-3-17)22-27-24(30)33-28-22/h2-9,16H,10-15H2,1H3,(H,27,28,30). The molecule has 0 radical (unpaired) electrons. The van der Waals surface area contributed by atoms with Crippen LogP contribution in [0.1, 0.15) is 5.56 Å². The highest BCUT2D eigenvalue weighted by Crippen LogP contribution is 2.28. The Hall–Kier alpha value is -2.98. The predicted molar refractivity (Wildman–Crippen MR) is 134 cm³/mol. The Morgan fingerprint density at radius 1 is 1.03 bits per heavy atom. The van der Waals surface area contributed by atoms with Gasteiger partial charge in [0, 0.05) is 41.7 Å². The highest BCUT2D eigenvalue weighted by Gasteiger charge is 2.13. The van der Waals surface area contributed by atoms with Gasteiger partial charge in [-0.25, -0.2) is 9.78 Å². The number of halogens is 1. The molecule has 0 amide bonds. The van der Waals surface area contributed by atoms with Crippen molar-refractivity contribution in [1.29, 1.82) is 0 Å². The Bertz CT molecular complexity index is 1220. The number of anilines is 1. The quantitative estimate of drug-likeness (QED) is 0.286. The molecule has 0 saturated carbocycles. The fourth-order valence-corrected chi connectivity index (χ4v) is 4.35. The molecule has 2 heterocycles. The van der Waals surface area contributed by atoms with Crippen LogP contribution in [0.2, 0.25) is 5.02 Å². The number of aromatic amines is 1. The summed E-state index contributed by atoms with van der Waals surface area (Å²) in [4.78, 5) is 20.8. The summed E-state index contributed by atoms with van der Waals surface area (Å²) in [5, 5.41) is 7.43. The molecule has 0 saturated heterocycles. The van der Waals surface area contributed by atoms with Crippen LogP contribution in [-0.4, -0.2) is 55.1 Å². The second kappa shape index (κ2) is 11.9. The van der Waals surface area contributed by atoms with Crippen molar-refractivity contribution in [2.45, 2.75) is 6.42 Å². The lowest BCUT2D eigenvalue weighted by atomic mass is 10.1. The first kappa shape index (κ1) is 24.2. The maximum atomic E-state index is 11.2. The van der Waals surface area contributed by atoms with Crippen LogP contribution in [-0.2, 0) is 15.9 Å². The van der Waals surface area contributed by atoms with Crippen LogP contribution in [0.3, 0.4) is 0 Å². The third-order valence-corrected chi connectivity index (χ3v) is 6.33. The normalized spacial score (nSPS) is 11.1. The van der Waals surface area contributed by atoms with Crippen molar-refractivity contribution in [1.82, 2.24) is 15.1 Å². The van der Waals surface area contributed by atoms with Crippen molar-refractivity contribution in [3.05, 3.63) is 75.0 Å². The summed E-state index contributed by atoms with van der Waals surface area (Å²) in [6.07, 6.45) is 0.823. The minimum atomic E-state index is -0.566. The first-order chi connectivity index (χ1) is 16.6. The molecule has 0 aliphatic carbocycles. The van der Waals surface area contributed by atoms with E-state index < -0.39 is 5.76 Å². The lowest BCUT2D eigenvalue weighted by molar-refractivity contribution is 0.0740. The van der Waals surface area contributed by atoms with Crippen molar-refractivity contribution < 1.29 is 14.0 Å². The molecular formula is C24H25ClN4O4S. The molecule has 0 spiro atoms. The Morgan fingerprint density at radius 3 is 2.50 bits per heavy atom. The van der Waals surface area contributed by atoms with E-state index in [-0.39, 0.29) is 0 Å².